The minimum absolute atomic E-state index is 0.00685. The molecule has 0 saturated heterocycles. The Hall–Kier alpha value is -2.92. The molecule has 0 aliphatic heterocycles. The summed E-state index contributed by atoms with van der Waals surface area (Å²) in [6, 6.07) is 14.7. The van der Waals surface area contributed by atoms with E-state index in [2.05, 4.69) is 68.9 Å². The molecule has 2 aromatic heterocycles. The van der Waals surface area contributed by atoms with Gasteiger partial charge in [-0.2, -0.15) is 0 Å². The van der Waals surface area contributed by atoms with Gasteiger partial charge >= 0.3 is 0 Å². The maximum absolute atomic E-state index is 9.60. The van der Waals surface area contributed by atoms with Crippen LogP contribution >= 0.6 is 0 Å². The van der Waals surface area contributed by atoms with Crippen molar-refractivity contribution in [3.05, 3.63) is 66.2 Å². The summed E-state index contributed by atoms with van der Waals surface area (Å²) < 4.78 is 2.33. The van der Waals surface area contributed by atoms with E-state index in [1.807, 2.05) is 6.21 Å². The number of aliphatic hydroxyl groups is 1. The number of aryl methyl sites for hydroxylation is 1. The number of H-pyrrole nitrogens is 1. The Morgan fingerprint density at radius 3 is 2.81 bits per heavy atom. The molecular formula is C21H22N4O. The Morgan fingerprint density at radius 2 is 2.04 bits per heavy atom. The third kappa shape index (κ3) is 3.02. The number of para-hydroxylation sites is 1. The minimum Gasteiger partial charge on any atom is -0.394 e. The molecule has 0 radical (unpaired) electrons. The number of rotatable bonds is 6. The molecule has 26 heavy (non-hydrogen) atoms. The highest BCUT2D eigenvalue weighted by Gasteiger charge is 2.10. The van der Waals surface area contributed by atoms with Crippen molar-refractivity contribution in [1.29, 1.82) is 0 Å². The van der Waals surface area contributed by atoms with Gasteiger partial charge in [-0.3, -0.25) is 4.99 Å². The SMILES string of the molecule is CCn1c2ccccc2c2cc(C=NC(CO)Cc3cnc[nH]3)ccc21. The summed E-state index contributed by atoms with van der Waals surface area (Å²) >= 11 is 0. The fourth-order valence-electron chi connectivity index (χ4n) is 3.50. The van der Waals surface area contributed by atoms with Crippen molar-refractivity contribution in [1.82, 2.24) is 14.5 Å². The van der Waals surface area contributed by atoms with Crippen molar-refractivity contribution in [3.8, 4) is 0 Å². The first-order valence-electron chi connectivity index (χ1n) is 8.92. The summed E-state index contributed by atoms with van der Waals surface area (Å²) in [5.41, 5.74) is 4.51. The second-order valence-corrected chi connectivity index (χ2v) is 6.43. The molecule has 0 amide bonds. The zero-order chi connectivity index (χ0) is 17.9. The van der Waals surface area contributed by atoms with Crippen LogP contribution in [0.25, 0.3) is 21.8 Å². The van der Waals surface area contributed by atoms with Crippen LogP contribution in [0.5, 0.6) is 0 Å². The van der Waals surface area contributed by atoms with Crippen LogP contribution in [0.15, 0.2) is 60.0 Å². The predicted molar refractivity (Wildman–Crippen MR) is 106 cm³/mol. The van der Waals surface area contributed by atoms with Crippen LogP contribution in [-0.2, 0) is 13.0 Å². The number of aliphatic imine (C=N–C) groups is 1. The number of benzene rings is 2. The number of hydrogen-bond acceptors (Lipinski definition) is 3. The van der Waals surface area contributed by atoms with Gasteiger partial charge in [0.1, 0.15) is 0 Å². The number of fused-ring (bicyclic) bond motifs is 3. The highest BCUT2D eigenvalue weighted by molar-refractivity contribution is 6.09. The fraction of sp³-hybridized carbons (Fsp3) is 0.238. The molecule has 0 saturated carbocycles. The number of nitrogens with zero attached hydrogens (tertiary/aromatic N) is 3. The minimum atomic E-state index is -0.178. The van der Waals surface area contributed by atoms with Crippen molar-refractivity contribution in [2.24, 2.45) is 4.99 Å². The highest BCUT2D eigenvalue weighted by atomic mass is 16.3. The van der Waals surface area contributed by atoms with Crippen molar-refractivity contribution in [2.75, 3.05) is 6.61 Å². The van der Waals surface area contributed by atoms with Crippen molar-refractivity contribution in [3.63, 3.8) is 0 Å². The topological polar surface area (TPSA) is 66.2 Å². The lowest BCUT2D eigenvalue weighted by Gasteiger charge is -2.07. The fourth-order valence-corrected chi connectivity index (χ4v) is 3.50. The average molecular weight is 346 g/mol. The third-order valence-electron chi connectivity index (χ3n) is 4.77. The van der Waals surface area contributed by atoms with E-state index in [4.69, 9.17) is 0 Å². The molecule has 2 heterocycles. The molecule has 0 fully saturated rings. The number of imidazole rings is 1. The smallest absolute Gasteiger partial charge is 0.0921 e. The second-order valence-electron chi connectivity index (χ2n) is 6.43. The van der Waals surface area contributed by atoms with E-state index >= 15 is 0 Å². The van der Waals surface area contributed by atoms with Gasteiger partial charge in [0, 0.05) is 52.9 Å². The summed E-state index contributed by atoms with van der Waals surface area (Å²) in [4.78, 5) is 11.6. The average Bonchev–Trinajstić information content (AvgIpc) is 3.30. The maximum atomic E-state index is 9.60. The van der Waals surface area contributed by atoms with Gasteiger partial charge in [0.25, 0.3) is 0 Å². The Morgan fingerprint density at radius 1 is 1.19 bits per heavy atom. The Kier molecular flexibility index (Phi) is 4.54. The molecule has 4 aromatic rings. The van der Waals surface area contributed by atoms with Gasteiger partial charge in [0.2, 0.25) is 0 Å². The largest absolute Gasteiger partial charge is 0.394 e. The lowest BCUT2D eigenvalue weighted by Crippen LogP contribution is -2.14. The molecule has 0 bridgehead atoms. The predicted octanol–water partition coefficient (Wildman–Crippen LogP) is 3.56. The van der Waals surface area contributed by atoms with E-state index in [-0.39, 0.29) is 12.6 Å². The first kappa shape index (κ1) is 16.5. The number of aromatic nitrogens is 3. The van der Waals surface area contributed by atoms with E-state index < -0.39 is 0 Å². The van der Waals surface area contributed by atoms with Crippen LogP contribution < -0.4 is 0 Å². The lowest BCUT2D eigenvalue weighted by molar-refractivity contribution is 0.266. The summed E-state index contributed by atoms with van der Waals surface area (Å²) in [6.45, 7) is 3.11. The maximum Gasteiger partial charge on any atom is 0.0921 e. The molecule has 0 aliphatic rings. The molecule has 4 rings (SSSR count). The monoisotopic (exact) mass is 346 g/mol. The normalized spacial score (nSPS) is 13.2. The summed E-state index contributed by atoms with van der Waals surface area (Å²) in [7, 11) is 0. The number of aromatic amines is 1. The highest BCUT2D eigenvalue weighted by Crippen LogP contribution is 2.29. The summed E-state index contributed by atoms with van der Waals surface area (Å²) in [6.07, 6.45) is 5.91. The Bertz CT molecular complexity index is 1050. The molecule has 0 aliphatic carbocycles. The molecule has 5 heteroatoms. The van der Waals surface area contributed by atoms with Gasteiger partial charge in [-0.15, -0.1) is 0 Å². The van der Waals surface area contributed by atoms with Crippen molar-refractivity contribution < 1.29 is 5.11 Å². The van der Waals surface area contributed by atoms with Crippen LogP contribution in [0, 0.1) is 0 Å². The first-order chi connectivity index (χ1) is 12.8. The van der Waals surface area contributed by atoms with Gasteiger partial charge in [-0.05, 0) is 30.7 Å². The zero-order valence-electron chi connectivity index (χ0n) is 14.8. The standard InChI is InChI=1S/C21H22N4O/c1-2-25-20-6-4-3-5-18(20)19-9-15(7-8-21(19)25)11-23-17(13-26)10-16-12-22-14-24-16/h3-9,11-12,14,17,26H,2,10,13H2,1H3,(H,22,24). The van der Waals surface area contributed by atoms with Gasteiger partial charge in [0.05, 0.1) is 19.0 Å². The molecule has 2 aromatic carbocycles. The van der Waals surface area contributed by atoms with Crippen LogP contribution in [0.1, 0.15) is 18.2 Å². The van der Waals surface area contributed by atoms with E-state index in [9.17, 15) is 5.11 Å². The van der Waals surface area contributed by atoms with E-state index in [0.29, 0.717) is 6.42 Å². The van der Waals surface area contributed by atoms with Crippen LogP contribution in [0.2, 0.25) is 0 Å². The van der Waals surface area contributed by atoms with E-state index in [1.165, 1.54) is 21.8 Å². The van der Waals surface area contributed by atoms with Crippen LogP contribution in [0.3, 0.4) is 0 Å². The summed E-state index contributed by atoms with van der Waals surface area (Å²) in [5.74, 6) is 0. The number of hydrogen-bond donors (Lipinski definition) is 2. The summed E-state index contributed by atoms with van der Waals surface area (Å²) in [5, 5.41) is 12.1. The second kappa shape index (κ2) is 7.14. The van der Waals surface area contributed by atoms with E-state index in [0.717, 1.165) is 17.8 Å². The number of nitrogens with one attached hydrogen (secondary N) is 1. The van der Waals surface area contributed by atoms with Gasteiger partial charge in [0.15, 0.2) is 0 Å². The molecular weight excluding hydrogens is 324 g/mol. The van der Waals surface area contributed by atoms with Gasteiger partial charge < -0.3 is 14.7 Å². The Balaban J connectivity index is 1.67. The van der Waals surface area contributed by atoms with Gasteiger partial charge in [-0.1, -0.05) is 24.3 Å². The number of aliphatic hydroxyl groups excluding tert-OH is 1. The third-order valence-corrected chi connectivity index (χ3v) is 4.77. The molecule has 2 N–H and O–H groups in total. The molecule has 132 valence electrons. The quantitative estimate of drug-likeness (QED) is 0.524. The van der Waals surface area contributed by atoms with Crippen molar-refractivity contribution in [2.45, 2.75) is 25.9 Å². The van der Waals surface area contributed by atoms with Gasteiger partial charge in [-0.25, -0.2) is 4.98 Å². The van der Waals surface area contributed by atoms with Crippen LogP contribution in [-0.4, -0.2) is 38.5 Å². The van der Waals surface area contributed by atoms with Crippen LogP contribution in [0.4, 0.5) is 0 Å². The van der Waals surface area contributed by atoms with E-state index in [1.54, 1.807) is 12.5 Å². The molecule has 5 nitrogen and oxygen atoms in total. The zero-order valence-corrected chi connectivity index (χ0v) is 14.8. The molecule has 0 spiro atoms. The lowest BCUT2D eigenvalue weighted by atomic mass is 10.1. The molecule has 1 unspecified atom stereocenters. The first-order valence-corrected chi connectivity index (χ1v) is 8.92. The Labute approximate surface area is 152 Å². The molecule has 1 atom stereocenters. The van der Waals surface area contributed by atoms with Crippen molar-refractivity contribution >= 4 is 28.0 Å².